The molecule has 0 atom stereocenters. The zero-order chi connectivity index (χ0) is 10.8. The molecule has 4 nitrogen and oxygen atoms in total. The van der Waals surface area contributed by atoms with Gasteiger partial charge in [-0.25, -0.2) is 18.1 Å². The molecule has 0 saturated heterocycles. The molecular formula is C8H14N2O2S2. The molecular weight excluding hydrogens is 220 g/mol. The molecule has 80 valence electrons. The van der Waals surface area contributed by atoms with Crippen LogP contribution in [-0.2, 0) is 16.6 Å². The second kappa shape index (κ2) is 4.37. The molecule has 0 saturated carbocycles. The van der Waals surface area contributed by atoms with Crippen molar-refractivity contribution in [1.82, 2.24) is 9.71 Å². The molecule has 1 N–H and O–H groups in total. The monoisotopic (exact) mass is 234 g/mol. The molecule has 1 aromatic heterocycles. The summed E-state index contributed by atoms with van der Waals surface area (Å²) >= 11 is 1.46. The van der Waals surface area contributed by atoms with E-state index in [9.17, 15) is 8.42 Å². The van der Waals surface area contributed by atoms with E-state index in [2.05, 4.69) is 9.71 Å². The highest BCUT2D eigenvalue weighted by atomic mass is 32.2. The van der Waals surface area contributed by atoms with Crippen LogP contribution < -0.4 is 4.72 Å². The third kappa shape index (κ3) is 2.76. The van der Waals surface area contributed by atoms with E-state index in [-0.39, 0.29) is 0 Å². The Balaban J connectivity index is 2.62. The minimum absolute atomic E-state index is 0.344. The van der Waals surface area contributed by atoms with Gasteiger partial charge in [-0.1, -0.05) is 0 Å². The number of nitrogens with one attached hydrogen (secondary N) is 1. The van der Waals surface area contributed by atoms with E-state index in [0.29, 0.717) is 6.54 Å². The lowest BCUT2D eigenvalue weighted by Crippen LogP contribution is -2.30. The Morgan fingerprint density at radius 3 is 2.64 bits per heavy atom. The fourth-order valence-corrected chi connectivity index (χ4v) is 2.32. The maximum atomic E-state index is 11.4. The van der Waals surface area contributed by atoms with E-state index < -0.39 is 15.3 Å². The van der Waals surface area contributed by atoms with Crippen molar-refractivity contribution >= 4 is 21.4 Å². The predicted octanol–water partition coefficient (Wildman–Crippen LogP) is 1.28. The maximum absolute atomic E-state index is 11.4. The SMILES string of the molecule is Cc1ncsc1CNS(=O)(=O)C(C)C. The number of aromatic nitrogens is 1. The molecule has 1 heterocycles. The maximum Gasteiger partial charge on any atom is 0.214 e. The van der Waals surface area contributed by atoms with Crippen molar-refractivity contribution in [3.05, 3.63) is 16.1 Å². The van der Waals surface area contributed by atoms with Crippen LogP contribution in [0.4, 0.5) is 0 Å². The summed E-state index contributed by atoms with van der Waals surface area (Å²) in [5, 5.41) is -0.393. The van der Waals surface area contributed by atoms with Gasteiger partial charge in [-0.2, -0.15) is 0 Å². The van der Waals surface area contributed by atoms with Crippen LogP contribution in [0.1, 0.15) is 24.4 Å². The second-order valence-electron chi connectivity index (χ2n) is 3.28. The Hall–Kier alpha value is -0.460. The van der Waals surface area contributed by atoms with Crippen LogP contribution in [0.5, 0.6) is 0 Å². The highest BCUT2D eigenvalue weighted by Crippen LogP contribution is 2.12. The summed E-state index contributed by atoms with van der Waals surface area (Å²) in [4.78, 5) is 5.01. The number of sulfonamides is 1. The van der Waals surface area contributed by atoms with Gasteiger partial charge in [0, 0.05) is 11.4 Å². The molecule has 0 unspecified atom stereocenters. The minimum Gasteiger partial charge on any atom is -0.250 e. The lowest BCUT2D eigenvalue weighted by molar-refractivity contribution is 0.572. The quantitative estimate of drug-likeness (QED) is 0.853. The van der Waals surface area contributed by atoms with Crippen LogP contribution in [0, 0.1) is 6.92 Å². The molecule has 0 aliphatic heterocycles. The number of hydrogen-bond donors (Lipinski definition) is 1. The van der Waals surface area contributed by atoms with Gasteiger partial charge >= 0.3 is 0 Å². The molecule has 0 aromatic carbocycles. The topological polar surface area (TPSA) is 59.1 Å². The first-order chi connectivity index (χ1) is 6.43. The Morgan fingerprint density at radius 2 is 2.21 bits per heavy atom. The van der Waals surface area contributed by atoms with Crippen LogP contribution in [-0.4, -0.2) is 18.7 Å². The smallest absolute Gasteiger partial charge is 0.214 e. The molecule has 1 rings (SSSR count). The van der Waals surface area contributed by atoms with E-state index in [4.69, 9.17) is 0 Å². The Morgan fingerprint density at radius 1 is 1.57 bits per heavy atom. The van der Waals surface area contributed by atoms with Crippen molar-refractivity contribution in [2.24, 2.45) is 0 Å². The summed E-state index contributed by atoms with van der Waals surface area (Å²) in [6, 6.07) is 0. The van der Waals surface area contributed by atoms with Crippen LogP contribution in [0.25, 0.3) is 0 Å². The fraction of sp³-hybridized carbons (Fsp3) is 0.625. The van der Waals surface area contributed by atoms with Crippen molar-refractivity contribution in [3.8, 4) is 0 Å². The van der Waals surface area contributed by atoms with E-state index in [0.717, 1.165) is 10.6 Å². The second-order valence-corrected chi connectivity index (χ2v) is 6.54. The summed E-state index contributed by atoms with van der Waals surface area (Å²) in [6.45, 7) is 5.52. The third-order valence-corrected chi connectivity index (χ3v) is 4.62. The fourth-order valence-electron chi connectivity index (χ4n) is 0.829. The number of hydrogen-bond acceptors (Lipinski definition) is 4. The molecule has 1 aromatic rings. The van der Waals surface area contributed by atoms with Gasteiger partial charge < -0.3 is 0 Å². The Labute approximate surface area is 88.4 Å². The van der Waals surface area contributed by atoms with Gasteiger partial charge in [0.1, 0.15) is 0 Å². The number of thiazole rings is 1. The van der Waals surface area contributed by atoms with Gasteiger partial charge in [0.25, 0.3) is 0 Å². The van der Waals surface area contributed by atoms with Crippen LogP contribution >= 0.6 is 11.3 Å². The van der Waals surface area contributed by atoms with Gasteiger partial charge in [-0.05, 0) is 20.8 Å². The number of nitrogens with zero attached hydrogens (tertiary/aromatic N) is 1. The van der Waals surface area contributed by atoms with E-state index in [1.807, 2.05) is 6.92 Å². The van der Waals surface area contributed by atoms with E-state index in [1.165, 1.54) is 11.3 Å². The Bertz CT molecular complexity index is 395. The molecule has 6 heteroatoms. The molecule has 0 amide bonds. The highest BCUT2D eigenvalue weighted by Gasteiger charge is 2.15. The summed E-state index contributed by atoms with van der Waals surface area (Å²) in [5.41, 5.74) is 2.61. The summed E-state index contributed by atoms with van der Waals surface area (Å²) < 4.78 is 25.4. The summed E-state index contributed by atoms with van der Waals surface area (Å²) in [7, 11) is -3.16. The average molecular weight is 234 g/mol. The van der Waals surface area contributed by atoms with Gasteiger partial charge in [0.15, 0.2) is 0 Å². The number of rotatable bonds is 4. The molecule has 0 aliphatic carbocycles. The van der Waals surface area contributed by atoms with Gasteiger partial charge in [-0.3, -0.25) is 0 Å². The molecule has 0 radical (unpaired) electrons. The third-order valence-electron chi connectivity index (χ3n) is 1.90. The minimum atomic E-state index is -3.16. The zero-order valence-electron chi connectivity index (χ0n) is 8.44. The van der Waals surface area contributed by atoms with Gasteiger partial charge in [0.2, 0.25) is 10.0 Å². The predicted molar refractivity (Wildman–Crippen MR) is 57.7 cm³/mol. The van der Waals surface area contributed by atoms with Crippen molar-refractivity contribution < 1.29 is 8.42 Å². The first kappa shape index (κ1) is 11.6. The number of aryl methyl sites for hydroxylation is 1. The van der Waals surface area contributed by atoms with Crippen LogP contribution in [0.3, 0.4) is 0 Å². The molecule has 0 spiro atoms. The molecule has 0 aliphatic rings. The first-order valence-corrected chi connectivity index (χ1v) is 6.73. The average Bonchev–Trinajstić information content (AvgIpc) is 2.47. The van der Waals surface area contributed by atoms with Gasteiger partial charge in [-0.15, -0.1) is 11.3 Å². The van der Waals surface area contributed by atoms with E-state index >= 15 is 0 Å². The summed E-state index contributed by atoms with van der Waals surface area (Å²) in [6.07, 6.45) is 0. The largest absolute Gasteiger partial charge is 0.250 e. The van der Waals surface area contributed by atoms with Gasteiger partial charge in [0.05, 0.1) is 16.5 Å². The van der Waals surface area contributed by atoms with Crippen LogP contribution in [0.15, 0.2) is 5.51 Å². The molecule has 0 bridgehead atoms. The normalized spacial score (nSPS) is 12.3. The zero-order valence-corrected chi connectivity index (χ0v) is 10.1. The van der Waals surface area contributed by atoms with Crippen molar-refractivity contribution in [3.63, 3.8) is 0 Å². The van der Waals surface area contributed by atoms with E-state index in [1.54, 1.807) is 19.4 Å². The standard InChI is InChI=1S/C8H14N2O2S2/c1-6(2)14(11,12)10-4-8-7(3)9-5-13-8/h5-6,10H,4H2,1-3H3. The van der Waals surface area contributed by atoms with Crippen molar-refractivity contribution in [2.45, 2.75) is 32.6 Å². The lowest BCUT2D eigenvalue weighted by Gasteiger charge is -2.08. The summed E-state index contributed by atoms with van der Waals surface area (Å²) in [5.74, 6) is 0. The Kier molecular flexibility index (Phi) is 3.63. The molecule has 0 fully saturated rings. The lowest BCUT2D eigenvalue weighted by atomic mass is 10.4. The first-order valence-electron chi connectivity index (χ1n) is 4.31. The highest BCUT2D eigenvalue weighted by molar-refractivity contribution is 7.90. The van der Waals surface area contributed by atoms with Crippen LogP contribution in [0.2, 0.25) is 0 Å². The molecule has 14 heavy (non-hydrogen) atoms. The van der Waals surface area contributed by atoms with Crippen molar-refractivity contribution in [2.75, 3.05) is 0 Å². The van der Waals surface area contributed by atoms with Crippen molar-refractivity contribution in [1.29, 1.82) is 0 Å².